The number of hydrogen-bond donors (Lipinski definition) is 0. The highest BCUT2D eigenvalue weighted by Crippen LogP contribution is 2.18. The van der Waals surface area contributed by atoms with Gasteiger partial charge >= 0.3 is 0 Å². The minimum Gasteiger partial charge on any atom is -0.291 e. The van der Waals surface area contributed by atoms with Gasteiger partial charge in [0.2, 0.25) is 0 Å². The summed E-state index contributed by atoms with van der Waals surface area (Å²) in [7, 11) is 0. The Morgan fingerprint density at radius 3 is 2.41 bits per heavy atom. The maximum Gasteiger partial charge on any atom is 0.196 e. The molecular formula is C13H11FN2O. The molecule has 0 aliphatic heterocycles. The molecule has 86 valence electrons. The molecule has 0 saturated carbocycles. The molecule has 1 heterocycles. The second-order valence-corrected chi connectivity index (χ2v) is 3.78. The highest BCUT2D eigenvalue weighted by Gasteiger charge is 2.08. The Labute approximate surface area is 98.3 Å². The second-order valence-electron chi connectivity index (χ2n) is 3.78. The summed E-state index contributed by atoms with van der Waals surface area (Å²) in [6.07, 6.45) is 0. The first kappa shape index (κ1) is 11.4. The molecule has 17 heavy (non-hydrogen) atoms. The predicted molar refractivity (Wildman–Crippen MR) is 62.2 cm³/mol. The Morgan fingerprint density at radius 1 is 1.18 bits per heavy atom. The van der Waals surface area contributed by atoms with E-state index in [1.54, 1.807) is 25.1 Å². The normalized spacial score (nSPS) is 10.3. The molecule has 0 atom stereocenters. The van der Waals surface area contributed by atoms with Crippen LogP contribution in [0.5, 0.6) is 0 Å². The zero-order valence-corrected chi connectivity index (χ0v) is 9.57. The van der Waals surface area contributed by atoms with Crippen LogP contribution in [-0.2, 0) is 0 Å². The molecule has 3 nitrogen and oxygen atoms in total. The van der Waals surface area contributed by atoms with Crippen LogP contribution in [0.1, 0.15) is 23.2 Å². The zero-order valence-electron chi connectivity index (χ0n) is 9.57. The molecule has 0 spiro atoms. The number of benzene rings is 1. The number of hydrogen-bond acceptors (Lipinski definition) is 3. The highest BCUT2D eigenvalue weighted by molar-refractivity contribution is 5.90. The van der Waals surface area contributed by atoms with Crippen LogP contribution in [0.15, 0.2) is 30.3 Å². The zero-order chi connectivity index (χ0) is 12.4. The van der Waals surface area contributed by atoms with E-state index in [0.29, 0.717) is 11.4 Å². The largest absolute Gasteiger partial charge is 0.291 e. The lowest BCUT2D eigenvalue weighted by atomic mass is 10.1. The monoisotopic (exact) mass is 230 g/mol. The van der Waals surface area contributed by atoms with E-state index in [4.69, 9.17) is 0 Å². The number of halogens is 1. The van der Waals surface area contributed by atoms with E-state index < -0.39 is 0 Å². The van der Waals surface area contributed by atoms with Gasteiger partial charge in [0, 0.05) is 18.2 Å². The summed E-state index contributed by atoms with van der Waals surface area (Å²) in [6, 6.07) is 7.74. The summed E-state index contributed by atoms with van der Waals surface area (Å²) >= 11 is 0. The highest BCUT2D eigenvalue weighted by atomic mass is 19.1. The standard InChI is InChI=1S/C13H11FN2O/c1-8-7-12(16-13(15-8)9(2)17)10-3-5-11(14)6-4-10/h3-7H,1-2H3. The molecule has 0 aliphatic rings. The smallest absolute Gasteiger partial charge is 0.196 e. The average molecular weight is 230 g/mol. The Morgan fingerprint density at radius 2 is 1.82 bits per heavy atom. The van der Waals surface area contributed by atoms with Crippen LogP contribution >= 0.6 is 0 Å². The first-order valence-corrected chi connectivity index (χ1v) is 5.19. The molecule has 0 N–H and O–H groups in total. The molecule has 2 aromatic rings. The van der Waals surface area contributed by atoms with Crippen LogP contribution in [0.25, 0.3) is 11.3 Å². The van der Waals surface area contributed by atoms with Crippen molar-refractivity contribution in [1.29, 1.82) is 0 Å². The average Bonchev–Trinajstić information content (AvgIpc) is 2.29. The van der Waals surface area contributed by atoms with Crippen molar-refractivity contribution in [2.75, 3.05) is 0 Å². The molecule has 0 amide bonds. The predicted octanol–water partition coefficient (Wildman–Crippen LogP) is 2.79. The topological polar surface area (TPSA) is 42.9 Å². The van der Waals surface area contributed by atoms with E-state index in [9.17, 15) is 9.18 Å². The van der Waals surface area contributed by atoms with Gasteiger partial charge in [0.15, 0.2) is 11.6 Å². The molecule has 0 unspecified atom stereocenters. The maximum absolute atomic E-state index is 12.8. The van der Waals surface area contributed by atoms with Crippen LogP contribution in [0.4, 0.5) is 4.39 Å². The molecule has 0 fully saturated rings. The number of rotatable bonds is 2. The van der Waals surface area contributed by atoms with Crippen LogP contribution < -0.4 is 0 Å². The number of carbonyl (C=O) groups excluding carboxylic acids is 1. The van der Waals surface area contributed by atoms with Crippen molar-refractivity contribution >= 4 is 5.78 Å². The molecule has 0 aliphatic carbocycles. The number of ketones is 1. The van der Waals surface area contributed by atoms with E-state index >= 15 is 0 Å². The fourth-order valence-electron chi connectivity index (χ4n) is 1.49. The Hall–Kier alpha value is -2.10. The summed E-state index contributed by atoms with van der Waals surface area (Å²) in [5, 5.41) is 0. The van der Waals surface area contributed by atoms with E-state index in [-0.39, 0.29) is 17.4 Å². The molecule has 0 saturated heterocycles. The Balaban J connectivity index is 2.51. The first-order chi connectivity index (χ1) is 8.06. The molecule has 0 bridgehead atoms. The summed E-state index contributed by atoms with van der Waals surface area (Å²) in [5.41, 5.74) is 2.10. The maximum atomic E-state index is 12.8. The van der Waals surface area contributed by atoms with Gasteiger partial charge < -0.3 is 0 Å². The van der Waals surface area contributed by atoms with Gasteiger partial charge in [-0.05, 0) is 37.3 Å². The molecule has 0 radical (unpaired) electrons. The van der Waals surface area contributed by atoms with Gasteiger partial charge in [0.1, 0.15) is 5.82 Å². The lowest BCUT2D eigenvalue weighted by molar-refractivity contribution is 0.100. The number of aryl methyl sites for hydroxylation is 1. The van der Waals surface area contributed by atoms with Crippen LogP contribution in [-0.4, -0.2) is 15.8 Å². The SMILES string of the molecule is CC(=O)c1nc(C)cc(-c2ccc(F)cc2)n1. The third kappa shape index (κ3) is 2.53. The molecule has 1 aromatic heterocycles. The van der Waals surface area contributed by atoms with Crippen molar-refractivity contribution in [2.24, 2.45) is 0 Å². The molecule has 4 heteroatoms. The van der Waals surface area contributed by atoms with Crippen LogP contribution in [0.2, 0.25) is 0 Å². The van der Waals surface area contributed by atoms with Crippen molar-refractivity contribution in [3.8, 4) is 11.3 Å². The molecular weight excluding hydrogens is 219 g/mol. The van der Waals surface area contributed by atoms with Crippen LogP contribution in [0, 0.1) is 12.7 Å². The lowest BCUT2D eigenvalue weighted by Gasteiger charge is -2.04. The Kier molecular flexibility index (Phi) is 2.95. The Bertz CT molecular complexity index is 564. The minimum atomic E-state index is -0.300. The second kappa shape index (κ2) is 4.41. The van der Waals surface area contributed by atoms with Gasteiger partial charge in [-0.1, -0.05) is 0 Å². The lowest BCUT2D eigenvalue weighted by Crippen LogP contribution is -2.03. The van der Waals surface area contributed by atoms with E-state index in [0.717, 1.165) is 5.56 Å². The number of aromatic nitrogens is 2. The van der Waals surface area contributed by atoms with Gasteiger partial charge in [-0.3, -0.25) is 4.79 Å². The van der Waals surface area contributed by atoms with Crippen molar-refractivity contribution < 1.29 is 9.18 Å². The fourth-order valence-corrected chi connectivity index (χ4v) is 1.49. The molecule has 2 rings (SSSR count). The minimum absolute atomic E-state index is 0.183. The number of Topliss-reactive ketones (excluding diaryl/α,β-unsaturated/α-hetero) is 1. The first-order valence-electron chi connectivity index (χ1n) is 5.19. The fraction of sp³-hybridized carbons (Fsp3) is 0.154. The summed E-state index contributed by atoms with van der Waals surface area (Å²) in [5.74, 6) is -0.298. The van der Waals surface area contributed by atoms with E-state index in [2.05, 4.69) is 9.97 Å². The third-order valence-corrected chi connectivity index (χ3v) is 2.31. The van der Waals surface area contributed by atoms with E-state index in [1.165, 1.54) is 19.1 Å². The van der Waals surface area contributed by atoms with Gasteiger partial charge in [0.05, 0.1) is 5.69 Å². The number of nitrogens with zero attached hydrogens (tertiary/aromatic N) is 2. The summed E-state index contributed by atoms with van der Waals surface area (Å²) < 4.78 is 12.8. The van der Waals surface area contributed by atoms with Crippen molar-refractivity contribution in [1.82, 2.24) is 9.97 Å². The van der Waals surface area contributed by atoms with Crippen LogP contribution in [0.3, 0.4) is 0 Å². The third-order valence-electron chi connectivity index (χ3n) is 2.31. The van der Waals surface area contributed by atoms with Gasteiger partial charge in [-0.2, -0.15) is 0 Å². The molecule has 1 aromatic carbocycles. The van der Waals surface area contributed by atoms with E-state index in [1.807, 2.05) is 0 Å². The number of carbonyl (C=O) groups is 1. The quantitative estimate of drug-likeness (QED) is 0.745. The van der Waals surface area contributed by atoms with Crippen molar-refractivity contribution in [2.45, 2.75) is 13.8 Å². The van der Waals surface area contributed by atoms with Gasteiger partial charge in [-0.25, -0.2) is 14.4 Å². The van der Waals surface area contributed by atoms with Gasteiger partial charge in [-0.15, -0.1) is 0 Å². The van der Waals surface area contributed by atoms with Crippen molar-refractivity contribution in [3.05, 3.63) is 47.7 Å². The van der Waals surface area contributed by atoms with Crippen molar-refractivity contribution in [3.63, 3.8) is 0 Å². The van der Waals surface area contributed by atoms with Gasteiger partial charge in [0.25, 0.3) is 0 Å². The summed E-state index contributed by atoms with van der Waals surface area (Å²) in [6.45, 7) is 3.21. The summed E-state index contributed by atoms with van der Waals surface area (Å²) in [4.78, 5) is 19.4.